The molecule has 3 atom stereocenters. The quantitative estimate of drug-likeness (QED) is 0.725. The van der Waals surface area contributed by atoms with E-state index < -0.39 is 5.60 Å². The summed E-state index contributed by atoms with van der Waals surface area (Å²) in [5.41, 5.74) is 7.41. The van der Waals surface area contributed by atoms with Gasteiger partial charge in [0.2, 0.25) is 0 Å². The minimum absolute atomic E-state index is 0.347. The Bertz CT molecular complexity index is 686. The summed E-state index contributed by atoms with van der Waals surface area (Å²) in [6.45, 7) is 10.7. The van der Waals surface area contributed by atoms with E-state index in [1.807, 2.05) is 18.7 Å². The molecular formula is C22H28OS. The zero-order valence-corrected chi connectivity index (χ0v) is 16.2. The summed E-state index contributed by atoms with van der Waals surface area (Å²) in [7, 11) is 0. The van der Waals surface area contributed by atoms with Crippen molar-refractivity contribution in [2.24, 2.45) is 0 Å². The molecule has 2 aromatic rings. The Labute approximate surface area is 150 Å². The van der Waals surface area contributed by atoms with Crippen LogP contribution in [0.15, 0.2) is 36.4 Å². The maximum Gasteiger partial charge on any atom is 0.0647 e. The van der Waals surface area contributed by atoms with Gasteiger partial charge in [-0.25, -0.2) is 0 Å². The van der Waals surface area contributed by atoms with E-state index in [9.17, 15) is 5.11 Å². The van der Waals surface area contributed by atoms with E-state index in [1.165, 1.54) is 33.4 Å². The summed E-state index contributed by atoms with van der Waals surface area (Å²) in [6.07, 6.45) is 1.64. The first-order valence-corrected chi connectivity index (χ1v) is 9.71. The van der Waals surface area contributed by atoms with Crippen molar-refractivity contribution in [1.82, 2.24) is 0 Å². The minimum atomic E-state index is -0.616. The van der Waals surface area contributed by atoms with Crippen molar-refractivity contribution in [3.8, 4) is 0 Å². The van der Waals surface area contributed by atoms with Crippen molar-refractivity contribution in [2.75, 3.05) is 0 Å². The van der Waals surface area contributed by atoms with Crippen LogP contribution in [0.4, 0.5) is 0 Å². The Morgan fingerprint density at radius 1 is 0.833 bits per heavy atom. The maximum absolute atomic E-state index is 10.9. The number of aliphatic hydroxyl groups is 1. The van der Waals surface area contributed by atoms with Gasteiger partial charge in [-0.2, -0.15) is 0 Å². The lowest BCUT2D eigenvalue weighted by Crippen LogP contribution is -2.32. The van der Waals surface area contributed by atoms with Gasteiger partial charge in [0.05, 0.1) is 5.60 Å². The molecule has 1 fully saturated rings. The third-order valence-electron chi connectivity index (χ3n) is 5.12. The summed E-state index contributed by atoms with van der Waals surface area (Å²) in [5.74, 6) is 0. The average Bonchev–Trinajstić information content (AvgIpc) is 2.45. The van der Waals surface area contributed by atoms with E-state index in [0.717, 1.165) is 12.8 Å². The fourth-order valence-corrected chi connectivity index (χ4v) is 6.05. The van der Waals surface area contributed by atoms with Crippen LogP contribution < -0.4 is 0 Å². The van der Waals surface area contributed by atoms with Crippen LogP contribution in [0.2, 0.25) is 0 Å². The van der Waals surface area contributed by atoms with Crippen molar-refractivity contribution in [1.29, 1.82) is 0 Å². The molecule has 1 aliphatic heterocycles. The van der Waals surface area contributed by atoms with Crippen LogP contribution in [-0.2, 0) is 0 Å². The number of hydrogen-bond acceptors (Lipinski definition) is 2. The lowest BCUT2D eigenvalue weighted by molar-refractivity contribution is 0.0364. The summed E-state index contributed by atoms with van der Waals surface area (Å²) in [6, 6.07) is 13.4. The molecule has 2 aromatic carbocycles. The second kappa shape index (κ2) is 6.57. The van der Waals surface area contributed by atoms with Crippen molar-refractivity contribution in [3.63, 3.8) is 0 Å². The fraction of sp³-hybridized carbons (Fsp3) is 0.455. The van der Waals surface area contributed by atoms with Crippen LogP contribution in [0.5, 0.6) is 0 Å². The van der Waals surface area contributed by atoms with Crippen molar-refractivity contribution < 1.29 is 5.11 Å². The molecule has 1 aliphatic rings. The van der Waals surface area contributed by atoms with E-state index in [4.69, 9.17) is 0 Å². The number of benzene rings is 2. The third kappa shape index (κ3) is 3.70. The second-order valence-corrected chi connectivity index (χ2v) is 9.15. The van der Waals surface area contributed by atoms with Gasteiger partial charge in [-0.3, -0.25) is 0 Å². The van der Waals surface area contributed by atoms with Gasteiger partial charge < -0.3 is 5.11 Å². The monoisotopic (exact) mass is 340 g/mol. The highest BCUT2D eigenvalue weighted by Gasteiger charge is 2.38. The summed E-state index contributed by atoms with van der Waals surface area (Å²) in [4.78, 5) is 0. The molecule has 1 heterocycles. The zero-order valence-electron chi connectivity index (χ0n) is 15.4. The van der Waals surface area contributed by atoms with E-state index >= 15 is 0 Å². The number of thioether (sulfide) groups is 1. The Morgan fingerprint density at radius 2 is 1.25 bits per heavy atom. The molecular weight excluding hydrogens is 312 g/mol. The van der Waals surface area contributed by atoms with Gasteiger partial charge in [0, 0.05) is 10.5 Å². The molecule has 0 amide bonds. The van der Waals surface area contributed by atoms with E-state index in [0.29, 0.717) is 10.5 Å². The molecule has 128 valence electrons. The lowest BCUT2D eigenvalue weighted by atomic mass is 9.87. The van der Waals surface area contributed by atoms with Gasteiger partial charge in [0.1, 0.15) is 0 Å². The Kier molecular flexibility index (Phi) is 4.81. The smallest absolute Gasteiger partial charge is 0.0647 e. The predicted octanol–water partition coefficient (Wildman–Crippen LogP) is 5.98. The summed E-state index contributed by atoms with van der Waals surface area (Å²) < 4.78 is 0. The Balaban J connectivity index is 1.95. The van der Waals surface area contributed by atoms with Gasteiger partial charge in [-0.1, -0.05) is 47.5 Å². The van der Waals surface area contributed by atoms with E-state index in [-0.39, 0.29) is 0 Å². The zero-order chi connectivity index (χ0) is 17.5. The first kappa shape index (κ1) is 17.6. The topological polar surface area (TPSA) is 20.2 Å². The normalized spacial score (nSPS) is 27.2. The molecule has 0 bridgehead atoms. The van der Waals surface area contributed by atoms with Gasteiger partial charge >= 0.3 is 0 Å². The first-order valence-electron chi connectivity index (χ1n) is 8.77. The van der Waals surface area contributed by atoms with Gasteiger partial charge in [0.15, 0.2) is 0 Å². The van der Waals surface area contributed by atoms with E-state index in [1.54, 1.807) is 0 Å². The highest BCUT2D eigenvalue weighted by atomic mass is 32.2. The van der Waals surface area contributed by atoms with E-state index in [2.05, 4.69) is 64.1 Å². The Hall–Kier alpha value is -1.25. The maximum atomic E-state index is 10.9. The second-order valence-electron chi connectivity index (χ2n) is 7.74. The largest absolute Gasteiger partial charge is 0.390 e. The van der Waals surface area contributed by atoms with Gasteiger partial charge in [0.25, 0.3) is 0 Å². The van der Waals surface area contributed by atoms with Crippen LogP contribution in [0, 0.1) is 27.7 Å². The molecule has 24 heavy (non-hydrogen) atoms. The molecule has 2 heteroatoms. The molecule has 0 aromatic heterocycles. The molecule has 1 saturated heterocycles. The molecule has 0 radical (unpaired) electrons. The van der Waals surface area contributed by atoms with Crippen LogP contribution in [0.3, 0.4) is 0 Å². The highest BCUT2D eigenvalue weighted by molar-refractivity contribution is 7.99. The van der Waals surface area contributed by atoms with Crippen molar-refractivity contribution in [3.05, 3.63) is 69.8 Å². The molecule has 1 unspecified atom stereocenters. The highest BCUT2D eigenvalue weighted by Crippen LogP contribution is 2.54. The van der Waals surface area contributed by atoms with Crippen LogP contribution in [0.1, 0.15) is 63.6 Å². The van der Waals surface area contributed by atoms with Gasteiger partial charge in [-0.05, 0) is 69.7 Å². The molecule has 1 nitrogen and oxygen atoms in total. The van der Waals surface area contributed by atoms with Crippen molar-refractivity contribution in [2.45, 2.75) is 63.6 Å². The summed E-state index contributed by atoms with van der Waals surface area (Å²) in [5, 5.41) is 11.6. The standard InChI is InChI=1S/C22H28OS/c1-14-6-8-18(16(3)10-14)20-12-22(5,23)13-21(24-20)19-9-7-15(2)11-17(19)4/h6-11,20-21,23H,12-13H2,1-5H3/t20-,21+,22?. The third-order valence-corrected chi connectivity index (χ3v) is 6.62. The van der Waals surface area contributed by atoms with Crippen LogP contribution >= 0.6 is 11.8 Å². The molecule has 0 saturated carbocycles. The number of aryl methyl sites for hydroxylation is 4. The number of rotatable bonds is 2. The number of hydrogen-bond donors (Lipinski definition) is 1. The molecule has 0 aliphatic carbocycles. The summed E-state index contributed by atoms with van der Waals surface area (Å²) >= 11 is 2.02. The minimum Gasteiger partial charge on any atom is -0.390 e. The van der Waals surface area contributed by atoms with Crippen LogP contribution in [-0.4, -0.2) is 10.7 Å². The molecule has 0 spiro atoms. The molecule has 1 N–H and O–H groups in total. The molecule has 3 rings (SSSR count). The van der Waals surface area contributed by atoms with Crippen LogP contribution in [0.25, 0.3) is 0 Å². The SMILES string of the molecule is Cc1ccc([C@@H]2CC(C)(O)C[C@H](c3ccc(C)cc3C)S2)c(C)c1. The average molecular weight is 341 g/mol. The van der Waals surface area contributed by atoms with Gasteiger partial charge in [-0.15, -0.1) is 11.8 Å². The predicted molar refractivity (Wildman–Crippen MR) is 105 cm³/mol. The fourth-order valence-electron chi connectivity index (χ4n) is 3.92. The van der Waals surface area contributed by atoms with Crippen molar-refractivity contribution >= 4 is 11.8 Å². The first-order chi connectivity index (χ1) is 11.2. The lowest BCUT2D eigenvalue weighted by Gasteiger charge is -2.40. The Morgan fingerprint density at radius 3 is 1.62 bits per heavy atom.